The van der Waals surface area contributed by atoms with Gasteiger partial charge in [0, 0.05) is 0 Å². The summed E-state index contributed by atoms with van der Waals surface area (Å²) in [4.78, 5) is 11.8. The Bertz CT molecular complexity index is 431. The molecular weight excluding hydrogens is 340 g/mol. The highest BCUT2D eigenvalue weighted by molar-refractivity contribution is 7.87. The maximum absolute atomic E-state index is 11.8. The van der Waals surface area contributed by atoms with Crippen LogP contribution in [0.2, 0.25) is 0 Å². The molecule has 0 heterocycles. The van der Waals surface area contributed by atoms with Crippen molar-refractivity contribution in [2.75, 3.05) is 0 Å². The van der Waals surface area contributed by atoms with Crippen LogP contribution in [0, 0.1) is 0 Å². The maximum Gasteiger partial charge on any atom is 0.327 e. The molecule has 0 aromatic carbocycles. The summed E-state index contributed by atoms with van der Waals surface area (Å²) in [6.07, 6.45) is 13.8. The van der Waals surface area contributed by atoms with E-state index in [-0.39, 0.29) is 6.42 Å². The van der Waals surface area contributed by atoms with Crippen LogP contribution in [0.5, 0.6) is 0 Å². The minimum atomic E-state index is -4.40. The Morgan fingerprint density at radius 2 is 1.24 bits per heavy atom. The second kappa shape index (κ2) is 14.5. The molecule has 6 heteroatoms. The minimum Gasteiger partial charge on any atom is -0.462 e. The van der Waals surface area contributed by atoms with E-state index in [0.29, 0.717) is 6.42 Å². The van der Waals surface area contributed by atoms with Crippen molar-refractivity contribution in [1.29, 1.82) is 0 Å². The van der Waals surface area contributed by atoms with E-state index >= 15 is 0 Å². The van der Waals surface area contributed by atoms with E-state index in [1.165, 1.54) is 51.4 Å². The fraction of sp³-hybridized carbons (Fsp3) is 0.947. The number of esters is 1. The second-order valence-corrected chi connectivity index (χ2v) is 8.77. The molecule has 1 unspecified atom stereocenters. The molecule has 150 valence electrons. The quantitative estimate of drug-likeness (QED) is 0.224. The lowest BCUT2D eigenvalue weighted by Crippen LogP contribution is -2.33. The van der Waals surface area contributed by atoms with Gasteiger partial charge in [-0.05, 0) is 20.3 Å². The average molecular weight is 379 g/mol. The Kier molecular flexibility index (Phi) is 14.2. The van der Waals surface area contributed by atoms with Crippen LogP contribution in [0.1, 0.15) is 104 Å². The van der Waals surface area contributed by atoms with Crippen molar-refractivity contribution in [3.8, 4) is 0 Å². The summed E-state index contributed by atoms with van der Waals surface area (Å²) in [5.41, 5.74) is 0. The normalized spacial score (nSPS) is 13.2. The third kappa shape index (κ3) is 14.3. The Morgan fingerprint density at radius 3 is 1.60 bits per heavy atom. The summed E-state index contributed by atoms with van der Waals surface area (Å²) in [7, 11) is -4.40. The number of hydrogen-bond donors (Lipinski definition) is 1. The molecule has 0 saturated carbocycles. The molecule has 5 nitrogen and oxygen atoms in total. The van der Waals surface area contributed by atoms with E-state index in [2.05, 4.69) is 6.92 Å². The molecule has 1 atom stereocenters. The monoisotopic (exact) mass is 378 g/mol. The molecule has 0 bridgehead atoms. The van der Waals surface area contributed by atoms with E-state index in [9.17, 15) is 17.8 Å². The molecule has 0 amide bonds. The molecule has 0 saturated heterocycles. The van der Waals surface area contributed by atoms with Crippen molar-refractivity contribution in [3.63, 3.8) is 0 Å². The molecule has 0 radical (unpaired) electrons. The van der Waals surface area contributed by atoms with Crippen LogP contribution in [-0.2, 0) is 19.6 Å². The highest BCUT2D eigenvalue weighted by Gasteiger charge is 2.32. The predicted molar refractivity (Wildman–Crippen MR) is 102 cm³/mol. The fourth-order valence-corrected chi connectivity index (χ4v) is 3.63. The number of hydrogen-bond acceptors (Lipinski definition) is 4. The van der Waals surface area contributed by atoms with Crippen molar-refractivity contribution < 1.29 is 22.5 Å². The summed E-state index contributed by atoms with van der Waals surface area (Å²) < 4.78 is 36.8. The van der Waals surface area contributed by atoms with Gasteiger partial charge in [0.05, 0.1) is 6.10 Å². The van der Waals surface area contributed by atoms with E-state index in [4.69, 9.17) is 4.74 Å². The minimum absolute atomic E-state index is 0.127. The van der Waals surface area contributed by atoms with Crippen LogP contribution >= 0.6 is 0 Å². The van der Waals surface area contributed by atoms with Crippen molar-refractivity contribution in [2.24, 2.45) is 0 Å². The second-order valence-electron chi connectivity index (χ2n) is 7.17. The van der Waals surface area contributed by atoms with E-state index in [1.807, 2.05) is 0 Å². The molecule has 0 aliphatic heterocycles. The fourth-order valence-electron chi connectivity index (χ4n) is 2.87. The Labute approximate surface area is 154 Å². The molecule has 0 fully saturated rings. The number of carbonyl (C=O) groups is 1. The summed E-state index contributed by atoms with van der Waals surface area (Å²) in [6, 6.07) is 0. The molecule has 0 aromatic heterocycles. The number of unbranched alkanes of at least 4 members (excludes halogenated alkanes) is 11. The van der Waals surface area contributed by atoms with Gasteiger partial charge in [-0.2, -0.15) is 8.42 Å². The molecule has 0 aromatic rings. The van der Waals surface area contributed by atoms with Crippen molar-refractivity contribution in [3.05, 3.63) is 0 Å². The van der Waals surface area contributed by atoms with E-state index in [1.54, 1.807) is 13.8 Å². The highest BCUT2D eigenvalue weighted by atomic mass is 32.2. The van der Waals surface area contributed by atoms with Gasteiger partial charge in [-0.25, -0.2) is 0 Å². The first-order chi connectivity index (χ1) is 11.8. The third-order valence-electron chi connectivity index (χ3n) is 4.29. The maximum atomic E-state index is 11.8. The first-order valence-corrected chi connectivity index (χ1v) is 11.5. The van der Waals surface area contributed by atoms with E-state index < -0.39 is 27.4 Å². The van der Waals surface area contributed by atoms with Gasteiger partial charge in [0.25, 0.3) is 10.1 Å². The third-order valence-corrected chi connectivity index (χ3v) is 5.44. The van der Waals surface area contributed by atoms with E-state index in [0.717, 1.165) is 19.3 Å². The summed E-state index contributed by atoms with van der Waals surface area (Å²) in [6.45, 7) is 5.54. The standard InChI is InChI=1S/C19H38O5S/c1-4-5-6-7-8-9-10-11-12-13-14-15-16-18(25(21,22)23)19(20)24-17(2)3/h17-18H,4-16H2,1-3H3,(H,21,22,23). The lowest BCUT2D eigenvalue weighted by molar-refractivity contribution is -0.147. The van der Waals surface area contributed by atoms with Gasteiger partial charge in [0.2, 0.25) is 0 Å². The molecule has 0 aliphatic carbocycles. The number of ether oxygens (including phenoxy) is 1. The zero-order valence-electron chi connectivity index (χ0n) is 16.3. The van der Waals surface area contributed by atoms with Crippen molar-refractivity contribution in [1.82, 2.24) is 0 Å². The first kappa shape index (κ1) is 24.4. The molecule has 25 heavy (non-hydrogen) atoms. The average Bonchev–Trinajstić information content (AvgIpc) is 2.49. The van der Waals surface area contributed by atoms with Crippen molar-refractivity contribution >= 4 is 16.1 Å². The smallest absolute Gasteiger partial charge is 0.327 e. The van der Waals surface area contributed by atoms with Crippen LogP contribution in [0.15, 0.2) is 0 Å². The largest absolute Gasteiger partial charge is 0.462 e. The van der Waals surface area contributed by atoms with Gasteiger partial charge in [-0.1, -0.05) is 84.0 Å². The number of rotatable bonds is 16. The van der Waals surface area contributed by atoms with Gasteiger partial charge < -0.3 is 4.74 Å². The van der Waals surface area contributed by atoms with Crippen LogP contribution in [0.3, 0.4) is 0 Å². The van der Waals surface area contributed by atoms with Gasteiger partial charge in [-0.3, -0.25) is 9.35 Å². The zero-order chi connectivity index (χ0) is 19.1. The molecule has 0 rings (SSSR count). The Morgan fingerprint density at radius 1 is 0.840 bits per heavy atom. The molecule has 0 spiro atoms. The molecular formula is C19H38O5S. The summed E-state index contributed by atoms with van der Waals surface area (Å²) in [5.74, 6) is -0.847. The SMILES string of the molecule is CCCCCCCCCCCCCCC(C(=O)OC(C)C)S(=O)(=O)O. The van der Waals surface area contributed by atoms with Crippen LogP contribution < -0.4 is 0 Å². The van der Waals surface area contributed by atoms with Gasteiger partial charge in [-0.15, -0.1) is 0 Å². The predicted octanol–water partition coefficient (Wildman–Crippen LogP) is 5.29. The Hall–Kier alpha value is -0.620. The first-order valence-electron chi connectivity index (χ1n) is 9.95. The van der Waals surface area contributed by atoms with Crippen LogP contribution in [-0.4, -0.2) is 30.3 Å². The highest BCUT2D eigenvalue weighted by Crippen LogP contribution is 2.16. The van der Waals surface area contributed by atoms with Crippen LogP contribution in [0.4, 0.5) is 0 Å². The zero-order valence-corrected chi connectivity index (χ0v) is 17.2. The van der Waals surface area contributed by atoms with Gasteiger partial charge >= 0.3 is 5.97 Å². The summed E-state index contributed by atoms with van der Waals surface area (Å²) in [5, 5.41) is -1.45. The topological polar surface area (TPSA) is 80.7 Å². The molecule has 0 aliphatic rings. The lowest BCUT2D eigenvalue weighted by atomic mass is 10.0. The lowest BCUT2D eigenvalue weighted by Gasteiger charge is -2.15. The van der Waals surface area contributed by atoms with Crippen LogP contribution in [0.25, 0.3) is 0 Å². The number of carbonyl (C=O) groups excluding carboxylic acids is 1. The Balaban J connectivity index is 3.74. The van der Waals surface area contributed by atoms with Crippen molar-refractivity contribution in [2.45, 2.75) is 116 Å². The summed E-state index contributed by atoms with van der Waals surface area (Å²) >= 11 is 0. The molecule has 1 N–H and O–H groups in total. The van der Waals surface area contributed by atoms with Gasteiger partial charge in [0.1, 0.15) is 0 Å². The van der Waals surface area contributed by atoms with Gasteiger partial charge in [0.15, 0.2) is 5.25 Å².